The first-order valence-corrected chi connectivity index (χ1v) is 5.88. The van der Waals surface area contributed by atoms with Crippen LogP contribution in [-0.2, 0) is 4.74 Å². The highest BCUT2D eigenvalue weighted by Gasteiger charge is 2.20. The van der Waals surface area contributed by atoms with Crippen molar-refractivity contribution in [2.45, 2.75) is 12.8 Å². The van der Waals surface area contributed by atoms with Crippen LogP contribution in [0.25, 0.3) is 0 Å². The minimum atomic E-state index is 0.310. The second kappa shape index (κ2) is 6.29. The second-order valence-corrected chi connectivity index (χ2v) is 4.11. The van der Waals surface area contributed by atoms with Gasteiger partial charge >= 0.3 is 0 Å². The largest absolute Gasteiger partial charge is 0.468 e. The third-order valence-electron chi connectivity index (χ3n) is 2.53. The fraction of sp³-hybridized carbons (Fsp3) is 0.429. The molecule has 0 aliphatic heterocycles. The predicted molar refractivity (Wildman–Crippen MR) is 66.5 cm³/mol. The zero-order valence-electron chi connectivity index (χ0n) is 9.82. The second-order valence-electron chi connectivity index (χ2n) is 4.11. The Bertz CT molecular complexity index is 416. The Morgan fingerprint density at radius 1 is 1.35 bits per heavy atom. The van der Waals surface area contributed by atoms with Crippen LogP contribution >= 0.6 is 0 Å². The van der Waals surface area contributed by atoms with Crippen LogP contribution in [0.4, 0.5) is 0 Å². The van der Waals surface area contributed by atoms with Crippen LogP contribution in [0.3, 0.4) is 0 Å². The summed E-state index contributed by atoms with van der Waals surface area (Å²) in [4.78, 5) is 0. The Hall–Kier alpha value is -1.50. The van der Waals surface area contributed by atoms with E-state index >= 15 is 0 Å². The molecule has 0 heterocycles. The summed E-state index contributed by atoms with van der Waals surface area (Å²) >= 11 is 0. The molecule has 2 rings (SSSR count). The Balaban J connectivity index is 1.78. The number of benzene rings is 1. The van der Waals surface area contributed by atoms with Crippen molar-refractivity contribution in [1.82, 2.24) is 0 Å². The van der Waals surface area contributed by atoms with Gasteiger partial charge < -0.3 is 15.2 Å². The van der Waals surface area contributed by atoms with Crippen LogP contribution in [0, 0.1) is 17.8 Å². The number of rotatable bonds is 5. The zero-order chi connectivity index (χ0) is 11.9. The van der Waals surface area contributed by atoms with Crippen molar-refractivity contribution in [3.63, 3.8) is 0 Å². The lowest BCUT2D eigenvalue weighted by Gasteiger charge is -2.06. The first-order valence-electron chi connectivity index (χ1n) is 5.88. The fourth-order valence-electron chi connectivity index (χ4n) is 1.43. The highest BCUT2D eigenvalue weighted by Crippen LogP contribution is 2.28. The van der Waals surface area contributed by atoms with Gasteiger partial charge in [-0.3, -0.25) is 0 Å². The molecule has 90 valence electrons. The minimum absolute atomic E-state index is 0.310. The number of nitrogens with two attached hydrogens (primary N) is 1. The summed E-state index contributed by atoms with van der Waals surface area (Å²) in [5, 5.41) is 0. The molecule has 0 unspecified atom stereocenters. The number of hydrogen-bond acceptors (Lipinski definition) is 3. The molecular weight excluding hydrogens is 214 g/mol. The molecule has 1 aliphatic carbocycles. The lowest BCUT2D eigenvalue weighted by Crippen LogP contribution is -2.05. The lowest BCUT2D eigenvalue weighted by molar-refractivity contribution is 0.00997. The van der Waals surface area contributed by atoms with E-state index in [1.54, 1.807) is 0 Å². The van der Waals surface area contributed by atoms with Crippen LogP contribution in [0.5, 0.6) is 5.75 Å². The highest BCUT2D eigenvalue weighted by atomic mass is 16.7. The molecular formula is C14H17NO2. The average Bonchev–Trinajstić information content (AvgIpc) is 3.17. The highest BCUT2D eigenvalue weighted by molar-refractivity contribution is 5.39. The number of hydrogen-bond donors (Lipinski definition) is 1. The molecule has 3 nitrogen and oxygen atoms in total. The van der Waals surface area contributed by atoms with Gasteiger partial charge in [-0.25, -0.2) is 0 Å². The normalized spacial score (nSPS) is 13.9. The van der Waals surface area contributed by atoms with Gasteiger partial charge in [-0.05, 0) is 37.0 Å². The summed E-state index contributed by atoms with van der Waals surface area (Å²) in [6.45, 7) is 1.49. The first kappa shape index (κ1) is 12.0. The third-order valence-corrected chi connectivity index (χ3v) is 2.53. The summed E-state index contributed by atoms with van der Waals surface area (Å²) in [5.74, 6) is 7.33. The van der Waals surface area contributed by atoms with Gasteiger partial charge in [-0.2, -0.15) is 0 Å². The molecule has 1 aliphatic rings. The standard InChI is InChI=1S/C14H17NO2/c15-8-2-4-12-3-1-5-14(9-12)17-11-16-10-13-6-7-13/h1,3,5,9,13H,6-8,10-11,15H2. The Morgan fingerprint density at radius 2 is 2.24 bits per heavy atom. The molecule has 3 heteroatoms. The van der Waals surface area contributed by atoms with E-state index in [1.165, 1.54) is 12.8 Å². The van der Waals surface area contributed by atoms with E-state index in [-0.39, 0.29) is 0 Å². The van der Waals surface area contributed by atoms with Crippen molar-refractivity contribution in [3.8, 4) is 17.6 Å². The van der Waals surface area contributed by atoms with Crippen LogP contribution in [0.15, 0.2) is 24.3 Å². The summed E-state index contributed by atoms with van der Waals surface area (Å²) in [7, 11) is 0. The summed E-state index contributed by atoms with van der Waals surface area (Å²) in [6.07, 6.45) is 2.59. The van der Waals surface area contributed by atoms with Crippen LogP contribution in [0.1, 0.15) is 18.4 Å². The van der Waals surface area contributed by atoms with Crippen molar-refractivity contribution in [2.75, 3.05) is 19.9 Å². The maximum absolute atomic E-state index is 5.48. The lowest BCUT2D eigenvalue weighted by atomic mass is 10.2. The van der Waals surface area contributed by atoms with Gasteiger partial charge in [0, 0.05) is 5.56 Å². The van der Waals surface area contributed by atoms with E-state index in [0.29, 0.717) is 13.3 Å². The smallest absolute Gasteiger partial charge is 0.189 e. The molecule has 0 aromatic heterocycles. The molecule has 1 aromatic rings. The third kappa shape index (κ3) is 4.48. The predicted octanol–water partition coefficient (Wildman–Crippen LogP) is 1.76. The van der Waals surface area contributed by atoms with E-state index < -0.39 is 0 Å². The molecule has 0 bridgehead atoms. The van der Waals surface area contributed by atoms with Crippen molar-refractivity contribution in [3.05, 3.63) is 29.8 Å². The molecule has 2 N–H and O–H groups in total. The van der Waals surface area contributed by atoms with Crippen molar-refractivity contribution in [2.24, 2.45) is 11.7 Å². The maximum atomic E-state index is 5.48. The SMILES string of the molecule is NCC#Cc1cccc(OCOCC2CC2)c1. The van der Waals surface area contributed by atoms with Gasteiger partial charge in [0.15, 0.2) is 6.79 Å². The van der Waals surface area contributed by atoms with Crippen molar-refractivity contribution < 1.29 is 9.47 Å². The monoisotopic (exact) mass is 231 g/mol. The summed E-state index contributed by atoms with van der Waals surface area (Å²) < 4.78 is 10.9. The van der Waals surface area contributed by atoms with E-state index in [9.17, 15) is 0 Å². The van der Waals surface area contributed by atoms with Crippen LogP contribution in [0.2, 0.25) is 0 Å². The fourth-order valence-corrected chi connectivity index (χ4v) is 1.43. The minimum Gasteiger partial charge on any atom is -0.468 e. The first-order chi connectivity index (χ1) is 8.38. The van der Waals surface area contributed by atoms with Crippen LogP contribution in [-0.4, -0.2) is 19.9 Å². The summed E-state index contributed by atoms with van der Waals surface area (Å²) in [5.41, 5.74) is 6.23. The molecule has 17 heavy (non-hydrogen) atoms. The van der Waals surface area contributed by atoms with Gasteiger partial charge in [0.1, 0.15) is 5.75 Å². The van der Waals surface area contributed by atoms with Crippen molar-refractivity contribution >= 4 is 0 Å². The van der Waals surface area contributed by atoms with E-state index in [1.807, 2.05) is 24.3 Å². The van der Waals surface area contributed by atoms with Gasteiger partial charge in [-0.1, -0.05) is 17.9 Å². The van der Waals surface area contributed by atoms with Crippen molar-refractivity contribution in [1.29, 1.82) is 0 Å². The van der Waals surface area contributed by atoms with Gasteiger partial charge in [0.25, 0.3) is 0 Å². The molecule has 0 spiro atoms. The molecule has 1 aromatic carbocycles. The Labute approximate surface area is 102 Å². The quantitative estimate of drug-likeness (QED) is 0.477. The van der Waals surface area contributed by atoms with Gasteiger partial charge in [0.2, 0.25) is 0 Å². The molecule has 0 amide bonds. The van der Waals surface area contributed by atoms with E-state index in [0.717, 1.165) is 23.8 Å². The molecule has 0 saturated heterocycles. The Morgan fingerprint density at radius 3 is 3.00 bits per heavy atom. The molecule has 1 fully saturated rings. The average molecular weight is 231 g/mol. The Kier molecular flexibility index (Phi) is 4.43. The van der Waals surface area contributed by atoms with E-state index in [4.69, 9.17) is 15.2 Å². The number of ether oxygens (including phenoxy) is 2. The molecule has 0 radical (unpaired) electrons. The molecule has 1 saturated carbocycles. The van der Waals surface area contributed by atoms with Gasteiger partial charge in [0.05, 0.1) is 13.2 Å². The van der Waals surface area contributed by atoms with Crippen LogP contribution < -0.4 is 10.5 Å². The molecule has 0 atom stereocenters. The summed E-state index contributed by atoms with van der Waals surface area (Å²) in [6, 6.07) is 7.63. The topological polar surface area (TPSA) is 44.5 Å². The van der Waals surface area contributed by atoms with Gasteiger partial charge in [-0.15, -0.1) is 0 Å². The van der Waals surface area contributed by atoms with E-state index in [2.05, 4.69) is 11.8 Å². The maximum Gasteiger partial charge on any atom is 0.189 e. The zero-order valence-corrected chi connectivity index (χ0v) is 9.82.